The highest BCUT2D eigenvalue weighted by Crippen LogP contribution is 2.49. The zero-order chi connectivity index (χ0) is 63.6. The Kier molecular flexibility index (Phi) is 13.6. The molecule has 0 saturated carbocycles. The second-order valence-electron chi connectivity index (χ2n) is 24.6. The molecule has 0 aliphatic carbocycles. The Balaban J connectivity index is 0.868. The zero-order valence-corrected chi connectivity index (χ0v) is 52.0. The molecular formula is C88H56BN7. The number of fused-ring (bicyclic) bond motifs is 7. The maximum Gasteiger partial charge on any atom is 0.252 e. The molecule has 0 amide bonds. The van der Waals surface area contributed by atoms with Gasteiger partial charge < -0.3 is 14.4 Å². The first-order valence-electron chi connectivity index (χ1n) is 32.5. The van der Waals surface area contributed by atoms with Gasteiger partial charge >= 0.3 is 0 Å². The first-order chi connectivity index (χ1) is 47.6. The van der Waals surface area contributed by atoms with E-state index in [2.05, 4.69) is 281 Å². The van der Waals surface area contributed by atoms with Crippen LogP contribution in [0.15, 0.2) is 340 Å². The number of rotatable bonds is 11. The van der Waals surface area contributed by atoms with Crippen molar-refractivity contribution >= 4 is 79.0 Å². The number of para-hydroxylation sites is 1. The Morgan fingerprint density at radius 2 is 0.656 bits per heavy atom. The van der Waals surface area contributed by atoms with E-state index in [0.717, 1.165) is 106 Å². The van der Waals surface area contributed by atoms with E-state index in [1.54, 1.807) is 0 Å². The average molecular weight is 1220 g/mol. The summed E-state index contributed by atoms with van der Waals surface area (Å²) in [5.41, 5.74) is 27.1. The van der Waals surface area contributed by atoms with Crippen LogP contribution in [-0.2, 0) is 0 Å². The maximum atomic E-state index is 11.5. The van der Waals surface area contributed by atoms with Crippen molar-refractivity contribution in [2.45, 2.75) is 0 Å². The third-order valence-electron chi connectivity index (χ3n) is 19.1. The van der Waals surface area contributed by atoms with E-state index in [1.807, 2.05) is 78.9 Å². The van der Waals surface area contributed by atoms with Gasteiger partial charge in [-0.3, -0.25) is 0 Å². The van der Waals surface area contributed by atoms with E-state index in [4.69, 9.17) is 15.0 Å². The number of benzene rings is 14. The lowest BCUT2D eigenvalue weighted by molar-refractivity contribution is 1.07. The van der Waals surface area contributed by atoms with Gasteiger partial charge in [0.15, 0.2) is 17.5 Å². The Labute approximate surface area is 557 Å². The van der Waals surface area contributed by atoms with Gasteiger partial charge in [-0.05, 0) is 151 Å². The predicted molar refractivity (Wildman–Crippen MR) is 396 cm³/mol. The first-order valence-corrected chi connectivity index (χ1v) is 32.5. The van der Waals surface area contributed by atoms with Gasteiger partial charge in [0.25, 0.3) is 6.71 Å². The topological polar surface area (TPSA) is 73.9 Å². The van der Waals surface area contributed by atoms with Crippen LogP contribution in [0, 0.1) is 11.3 Å². The Hall–Kier alpha value is -13.0. The zero-order valence-electron chi connectivity index (χ0n) is 52.0. The second-order valence-corrected chi connectivity index (χ2v) is 24.6. The van der Waals surface area contributed by atoms with E-state index >= 15 is 0 Å². The molecule has 446 valence electrons. The quantitative estimate of drug-likeness (QED) is 0.120. The minimum atomic E-state index is -0.168. The minimum absolute atomic E-state index is 0.168. The van der Waals surface area contributed by atoms with Crippen LogP contribution in [0.3, 0.4) is 0 Å². The number of aromatic nitrogens is 4. The summed E-state index contributed by atoms with van der Waals surface area (Å²) >= 11 is 0. The van der Waals surface area contributed by atoms with Gasteiger partial charge in [-0.1, -0.05) is 261 Å². The summed E-state index contributed by atoms with van der Waals surface area (Å²) in [4.78, 5) is 20.2. The number of nitriles is 1. The number of hydrogen-bond acceptors (Lipinski definition) is 6. The summed E-state index contributed by atoms with van der Waals surface area (Å²) in [6.45, 7) is -0.168. The summed E-state index contributed by atoms with van der Waals surface area (Å²) in [6, 6.07) is 124. The normalized spacial score (nSPS) is 12.1. The van der Waals surface area contributed by atoms with Crippen molar-refractivity contribution in [2.75, 3.05) is 9.80 Å². The highest BCUT2D eigenvalue weighted by atomic mass is 15.2. The molecule has 0 fully saturated rings. The van der Waals surface area contributed by atoms with Crippen molar-refractivity contribution in [3.05, 3.63) is 345 Å². The predicted octanol–water partition coefficient (Wildman–Crippen LogP) is 20.3. The van der Waals surface area contributed by atoms with Crippen molar-refractivity contribution in [3.63, 3.8) is 0 Å². The molecule has 0 unspecified atom stereocenters. The largest absolute Gasteiger partial charge is 0.311 e. The van der Waals surface area contributed by atoms with E-state index < -0.39 is 0 Å². The Morgan fingerprint density at radius 3 is 1.14 bits per heavy atom. The van der Waals surface area contributed by atoms with Crippen LogP contribution in [0.1, 0.15) is 5.56 Å². The standard InChI is InChI=1S/C88H56BN7/c90-57-75-73(88-92-86(64-30-15-5-16-31-64)91-87(93-88)65-32-17-6-18-33-65)35-21-37-79(75)96-78-36-20-19-34-72(78)74-52-66(42-49-80(74)96)69-55-83-85-84(56-69)95(71-47-40-63(41-48-71)59-24-9-2-10-25-59)82-51-44-68(61-28-13-4-14-29-61)54-77(82)89(85)76-53-67(60-26-11-3-12-27-60)43-50-81(76)94(83)70-45-38-62(39-46-70)58-22-7-1-8-23-58/h1-56H. The summed E-state index contributed by atoms with van der Waals surface area (Å²) in [5, 5.41) is 13.6. The molecule has 0 N–H and O–H groups in total. The third-order valence-corrected chi connectivity index (χ3v) is 19.1. The lowest BCUT2D eigenvalue weighted by Gasteiger charge is -2.44. The van der Waals surface area contributed by atoms with E-state index in [0.29, 0.717) is 28.6 Å². The molecule has 2 aromatic heterocycles. The minimum Gasteiger partial charge on any atom is -0.311 e. The lowest BCUT2D eigenvalue weighted by atomic mass is 9.33. The fourth-order valence-electron chi connectivity index (χ4n) is 14.6. The molecule has 96 heavy (non-hydrogen) atoms. The fraction of sp³-hybridized carbons (Fsp3) is 0. The van der Waals surface area contributed by atoms with Crippen LogP contribution in [0.5, 0.6) is 0 Å². The molecule has 18 rings (SSSR count). The van der Waals surface area contributed by atoms with Crippen LogP contribution in [-0.4, -0.2) is 26.2 Å². The molecule has 0 spiro atoms. The molecular weight excluding hydrogens is 1170 g/mol. The van der Waals surface area contributed by atoms with Crippen molar-refractivity contribution < 1.29 is 0 Å². The molecule has 4 heterocycles. The Bertz CT molecular complexity index is 5440. The molecule has 2 aliphatic heterocycles. The summed E-state index contributed by atoms with van der Waals surface area (Å²) in [6.07, 6.45) is 0. The molecule has 0 saturated heterocycles. The number of anilines is 6. The second kappa shape index (κ2) is 23.3. The summed E-state index contributed by atoms with van der Waals surface area (Å²) in [7, 11) is 0. The number of hydrogen-bond donors (Lipinski definition) is 0. The van der Waals surface area contributed by atoms with E-state index in [1.165, 1.54) is 38.6 Å². The van der Waals surface area contributed by atoms with Crippen LogP contribution >= 0.6 is 0 Å². The monoisotopic (exact) mass is 1220 g/mol. The van der Waals surface area contributed by atoms with Gasteiger partial charge in [0.2, 0.25) is 0 Å². The van der Waals surface area contributed by atoms with Gasteiger partial charge in [0.05, 0.1) is 22.3 Å². The molecule has 7 nitrogen and oxygen atoms in total. The summed E-state index contributed by atoms with van der Waals surface area (Å²) < 4.78 is 2.23. The van der Waals surface area contributed by atoms with Crippen molar-refractivity contribution in [1.82, 2.24) is 19.5 Å². The molecule has 14 aromatic carbocycles. The molecule has 0 bridgehead atoms. The van der Waals surface area contributed by atoms with Gasteiger partial charge in [-0.25, -0.2) is 15.0 Å². The average Bonchev–Trinajstić information content (AvgIpc) is 0.798. The molecule has 0 radical (unpaired) electrons. The van der Waals surface area contributed by atoms with Crippen molar-refractivity contribution in [1.29, 1.82) is 5.26 Å². The first kappa shape index (κ1) is 55.9. The molecule has 0 atom stereocenters. The van der Waals surface area contributed by atoms with Gasteiger partial charge in [0.1, 0.15) is 6.07 Å². The highest BCUT2D eigenvalue weighted by molar-refractivity contribution is 7.00. The van der Waals surface area contributed by atoms with Crippen LogP contribution < -0.4 is 26.2 Å². The SMILES string of the molecule is N#Cc1c(-c2nc(-c3ccccc3)nc(-c3ccccc3)n2)cccc1-n1c2ccccc2c2cc(-c3cc4c5c(c3)N(c3ccc(-c6ccccc6)cc3)c3ccc(-c6ccccc6)cc3B5c3cc(-c5ccccc5)ccc3N4c3ccc(-c4ccccc4)cc3)ccc21. The lowest BCUT2D eigenvalue weighted by Crippen LogP contribution is -2.61. The van der Waals surface area contributed by atoms with Gasteiger partial charge in [-0.2, -0.15) is 5.26 Å². The van der Waals surface area contributed by atoms with Crippen LogP contribution in [0.4, 0.5) is 34.1 Å². The summed E-state index contributed by atoms with van der Waals surface area (Å²) in [5.74, 6) is 1.48. The maximum absolute atomic E-state index is 11.5. The van der Waals surface area contributed by atoms with Crippen LogP contribution in [0.2, 0.25) is 0 Å². The van der Waals surface area contributed by atoms with Gasteiger partial charge in [0, 0.05) is 61.6 Å². The van der Waals surface area contributed by atoms with Crippen molar-refractivity contribution in [2.24, 2.45) is 0 Å². The molecule has 16 aromatic rings. The molecule has 2 aliphatic rings. The third kappa shape index (κ3) is 9.56. The highest BCUT2D eigenvalue weighted by Gasteiger charge is 2.44. The molecule has 8 heteroatoms. The Morgan fingerprint density at radius 1 is 0.271 bits per heavy atom. The van der Waals surface area contributed by atoms with E-state index in [9.17, 15) is 5.26 Å². The van der Waals surface area contributed by atoms with E-state index in [-0.39, 0.29) is 6.71 Å². The fourth-order valence-corrected chi connectivity index (χ4v) is 14.6. The van der Waals surface area contributed by atoms with Crippen LogP contribution in [0.25, 0.3) is 117 Å². The van der Waals surface area contributed by atoms with Gasteiger partial charge in [-0.15, -0.1) is 0 Å². The van der Waals surface area contributed by atoms with Crippen molar-refractivity contribution in [3.8, 4) is 102 Å². The number of nitrogens with zero attached hydrogens (tertiary/aromatic N) is 7. The smallest absolute Gasteiger partial charge is 0.252 e.